The summed E-state index contributed by atoms with van der Waals surface area (Å²) in [5.74, 6) is 0.787. The Labute approximate surface area is 111 Å². The smallest absolute Gasteiger partial charge is 0.144 e. The van der Waals surface area contributed by atoms with Crippen molar-refractivity contribution in [3.63, 3.8) is 0 Å². The molecule has 0 atom stereocenters. The van der Waals surface area contributed by atoms with E-state index in [-0.39, 0.29) is 5.41 Å². The van der Waals surface area contributed by atoms with Crippen molar-refractivity contribution in [2.24, 2.45) is 5.41 Å². The SMILES string of the molecule is CCCOc1cccc(N(C)CC(C)(C)C)c1N. The first kappa shape index (κ1) is 14.7. The van der Waals surface area contributed by atoms with Gasteiger partial charge in [0.2, 0.25) is 0 Å². The lowest BCUT2D eigenvalue weighted by Crippen LogP contribution is -2.29. The van der Waals surface area contributed by atoms with Crippen LogP contribution >= 0.6 is 0 Å². The third kappa shape index (κ3) is 4.13. The summed E-state index contributed by atoms with van der Waals surface area (Å²) in [7, 11) is 2.07. The summed E-state index contributed by atoms with van der Waals surface area (Å²) in [5.41, 5.74) is 8.19. The third-order valence-electron chi connectivity index (χ3n) is 2.63. The van der Waals surface area contributed by atoms with Gasteiger partial charge in [-0.2, -0.15) is 0 Å². The molecule has 1 aromatic rings. The van der Waals surface area contributed by atoms with Crippen LogP contribution in [0.15, 0.2) is 18.2 Å². The summed E-state index contributed by atoms with van der Waals surface area (Å²) in [6, 6.07) is 5.97. The summed E-state index contributed by atoms with van der Waals surface area (Å²) in [6.07, 6.45) is 0.988. The van der Waals surface area contributed by atoms with Crippen LogP contribution in [0.2, 0.25) is 0 Å². The van der Waals surface area contributed by atoms with E-state index in [2.05, 4.69) is 39.6 Å². The molecule has 102 valence electrons. The molecule has 1 rings (SSSR count). The molecule has 0 saturated carbocycles. The zero-order valence-corrected chi connectivity index (χ0v) is 12.3. The van der Waals surface area contributed by atoms with E-state index in [4.69, 9.17) is 10.5 Å². The Morgan fingerprint density at radius 2 is 1.94 bits per heavy atom. The van der Waals surface area contributed by atoms with Crippen LogP contribution in [0.25, 0.3) is 0 Å². The fourth-order valence-electron chi connectivity index (χ4n) is 2.00. The maximum absolute atomic E-state index is 6.18. The molecule has 0 heterocycles. The molecule has 3 nitrogen and oxygen atoms in total. The van der Waals surface area contributed by atoms with Crippen LogP contribution in [0.1, 0.15) is 34.1 Å². The van der Waals surface area contributed by atoms with Crippen molar-refractivity contribution >= 4 is 11.4 Å². The second kappa shape index (κ2) is 5.98. The molecule has 0 aliphatic rings. The monoisotopic (exact) mass is 250 g/mol. The number of anilines is 2. The quantitative estimate of drug-likeness (QED) is 0.812. The van der Waals surface area contributed by atoms with Crippen LogP contribution in [-0.4, -0.2) is 20.2 Å². The van der Waals surface area contributed by atoms with Gasteiger partial charge in [-0.1, -0.05) is 33.8 Å². The molecular weight excluding hydrogens is 224 g/mol. The Bertz CT molecular complexity index is 383. The molecule has 18 heavy (non-hydrogen) atoms. The van der Waals surface area contributed by atoms with Crippen molar-refractivity contribution in [2.75, 3.05) is 30.8 Å². The number of nitrogen functional groups attached to an aromatic ring is 1. The van der Waals surface area contributed by atoms with Crippen LogP contribution in [-0.2, 0) is 0 Å². The number of ether oxygens (including phenoxy) is 1. The summed E-state index contributed by atoms with van der Waals surface area (Å²) >= 11 is 0. The molecule has 1 aromatic carbocycles. The topological polar surface area (TPSA) is 38.5 Å². The molecule has 0 spiro atoms. The van der Waals surface area contributed by atoms with Gasteiger partial charge in [0.15, 0.2) is 0 Å². The van der Waals surface area contributed by atoms with Gasteiger partial charge in [0.25, 0.3) is 0 Å². The lowest BCUT2D eigenvalue weighted by atomic mass is 9.96. The third-order valence-corrected chi connectivity index (χ3v) is 2.63. The highest BCUT2D eigenvalue weighted by atomic mass is 16.5. The normalized spacial score (nSPS) is 11.4. The van der Waals surface area contributed by atoms with Gasteiger partial charge in [0.1, 0.15) is 5.75 Å². The molecule has 0 aliphatic carbocycles. The van der Waals surface area contributed by atoms with Gasteiger partial charge >= 0.3 is 0 Å². The average Bonchev–Trinajstić information content (AvgIpc) is 2.25. The highest BCUT2D eigenvalue weighted by Gasteiger charge is 2.16. The van der Waals surface area contributed by atoms with Crippen molar-refractivity contribution in [3.8, 4) is 5.75 Å². The van der Waals surface area contributed by atoms with Gasteiger partial charge in [0.05, 0.1) is 18.0 Å². The number of para-hydroxylation sites is 1. The van der Waals surface area contributed by atoms with Crippen molar-refractivity contribution in [1.82, 2.24) is 0 Å². The Morgan fingerprint density at radius 3 is 2.50 bits per heavy atom. The molecule has 0 unspecified atom stereocenters. The van der Waals surface area contributed by atoms with Gasteiger partial charge < -0.3 is 15.4 Å². The molecule has 0 bridgehead atoms. The lowest BCUT2D eigenvalue weighted by Gasteiger charge is -2.29. The predicted molar refractivity (Wildman–Crippen MR) is 79.4 cm³/mol. The van der Waals surface area contributed by atoms with Crippen LogP contribution in [0.3, 0.4) is 0 Å². The summed E-state index contributed by atoms with van der Waals surface area (Å²) in [6.45, 7) is 10.4. The van der Waals surface area contributed by atoms with E-state index in [1.54, 1.807) is 0 Å². The number of rotatable bonds is 5. The molecule has 0 aromatic heterocycles. The van der Waals surface area contributed by atoms with Crippen LogP contribution in [0.4, 0.5) is 11.4 Å². The number of hydrogen-bond acceptors (Lipinski definition) is 3. The highest BCUT2D eigenvalue weighted by molar-refractivity contribution is 5.73. The molecule has 0 amide bonds. The van der Waals surface area contributed by atoms with E-state index >= 15 is 0 Å². The number of nitrogens with zero attached hydrogens (tertiary/aromatic N) is 1. The van der Waals surface area contributed by atoms with Gasteiger partial charge in [-0.15, -0.1) is 0 Å². The molecule has 0 aliphatic heterocycles. The van der Waals surface area contributed by atoms with Gasteiger partial charge in [-0.3, -0.25) is 0 Å². The number of nitrogens with two attached hydrogens (primary N) is 1. The van der Waals surface area contributed by atoms with Crippen LogP contribution in [0, 0.1) is 5.41 Å². The minimum atomic E-state index is 0.238. The first-order chi connectivity index (χ1) is 8.35. The molecule has 2 N–H and O–H groups in total. The highest BCUT2D eigenvalue weighted by Crippen LogP contribution is 2.33. The van der Waals surface area contributed by atoms with Gasteiger partial charge in [-0.25, -0.2) is 0 Å². The largest absolute Gasteiger partial charge is 0.491 e. The predicted octanol–water partition coefficient (Wildman–Crippen LogP) is 3.54. The Kier molecular flexibility index (Phi) is 4.88. The number of benzene rings is 1. The van der Waals surface area contributed by atoms with E-state index in [1.165, 1.54) is 0 Å². The van der Waals surface area contributed by atoms with Crippen molar-refractivity contribution in [1.29, 1.82) is 0 Å². The summed E-state index contributed by atoms with van der Waals surface area (Å²) in [5, 5.41) is 0. The van der Waals surface area contributed by atoms with E-state index in [1.807, 2.05) is 18.2 Å². The van der Waals surface area contributed by atoms with E-state index < -0.39 is 0 Å². The Balaban J connectivity index is 2.89. The zero-order chi connectivity index (χ0) is 13.8. The minimum absolute atomic E-state index is 0.238. The van der Waals surface area contributed by atoms with E-state index in [0.29, 0.717) is 6.61 Å². The molecular formula is C15H26N2O. The first-order valence-electron chi connectivity index (χ1n) is 6.57. The minimum Gasteiger partial charge on any atom is -0.491 e. The Hall–Kier alpha value is -1.38. The van der Waals surface area contributed by atoms with Crippen molar-refractivity contribution < 1.29 is 4.74 Å². The van der Waals surface area contributed by atoms with Crippen LogP contribution in [0.5, 0.6) is 5.75 Å². The fraction of sp³-hybridized carbons (Fsp3) is 0.600. The average molecular weight is 250 g/mol. The maximum Gasteiger partial charge on any atom is 0.144 e. The molecule has 0 fully saturated rings. The number of hydrogen-bond donors (Lipinski definition) is 1. The van der Waals surface area contributed by atoms with Gasteiger partial charge in [0, 0.05) is 13.6 Å². The summed E-state index contributed by atoms with van der Waals surface area (Å²) < 4.78 is 5.66. The second-order valence-corrected chi connectivity index (χ2v) is 5.95. The first-order valence-corrected chi connectivity index (χ1v) is 6.57. The molecule has 0 radical (unpaired) electrons. The maximum atomic E-state index is 6.18. The van der Waals surface area contributed by atoms with Gasteiger partial charge in [-0.05, 0) is 24.0 Å². The fourth-order valence-corrected chi connectivity index (χ4v) is 2.00. The second-order valence-electron chi connectivity index (χ2n) is 5.95. The van der Waals surface area contributed by atoms with E-state index in [0.717, 1.165) is 30.1 Å². The zero-order valence-electron chi connectivity index (χ0n) is 12.3. The molecule has 3 heteroatoms. The van der Waals surface area contributed by atoms with Crippen molar-refractivity contribution in [2.45, 2.75) is 34.1 Å². The molecule has 0 saturated heterocycles. The van der Waals surface area contributed by atoms with E-state index in [9.17, 15) is 0 Å². The summed E-state index contributed by atoms with van der Waals surface area (Å²) in [4.78, 5) is 2.19. The van der Waals surface area contributed by atoms with Crippen LogP contribution < -0.4 is 15.4 Å². The lowest BCUT2D eigenvalue weighted by molar-refractivity contribution is 0.319. The standard InChI is InChI=1S/C15H26N2O/c1-6-10-18-13-9-7-8-12(14(13)16)17(5)11-15(2,3)4/h7-9H,6,10-11,16H2,1-5H3. The Morgan fingerprint density at radius 1 is 1.28 bits per heavy atom. The van der Waals surface area contributed by atoms with Crippen molar-refractivity contribution in [3.05, 3.63) is 18.2 Å².